The molecule has 0 fully saturated rings. The second-order valence-corrected chi connectivity index (χ2v) is 5.57. The van der Waals surface area contributed by atoms with Crippen LogP contribution >= 0.6 is 11.6 Å². The van der Waals surface area contributed by atoms with Crippen LogP contribution in [0.5, 0.6) is 0 Å². The molecule has 2 aromatic carbocycles. The van der Waals surface area contributed by atoms with Crippen molar-refractivity contribution in [2.24, 2.45) is 0 Å². The molecule has 24 heavy (non-hydrogen) atoms. The van der Waals surface area contributed by atoms with E-state index in [2.05, 4.69) is 5.32 Å². The predicted molar refractivity (Wildman–Crippen MR) is 88.6 cm³/mol. The molecule has 0 aliphatic rings. The lowest BCUT2D eigenvalue weighted by Crippen LogP contribution is -2.25. The molecular weight excluding hydrogens is 336 g/mol. The van der Waals surface area contributed by atoms with E-state index in [1.54, 1.807) is 31.2 Å². The number of carbonyl (C=O) groups is 1. The maximum Gasteiger partial charge on any atom is 0.307 e. The molecule has 0 aliphatic heterocycles. The first kappa shape index (κ1) is 18.4. The summed E-state index contributed by atoms with van der Waals surface area (Å²) in [6, 6.07) is 10.2. The minimum absolute atomic E-state index is 0.00758. The highest BCUT2D eigenvalue weighted by molar-refractivity contribution is 6.31. The van der Waals surface area contributed by atoms with Crippen molar-refractivity contribution in [1.82, 2.24) is 5.32 Å². The van der Waals surface area contributed by atoms with Crippen LogP contribution in [0, 0.1) is 11.6 Å². The Hall–Kier alpha value is -1.98. The quantitative estimate of drug-likeness (QED) is 0.750. The fraction of sp³-hybridized carbons (Fsp3) is 0.278. The van der Waals surface area contributed by atoms with Gasteiger partial charge in [0, 0.05) is 23.2 Å². The molecular formula is C18H18ClF2NO2. The van der Waals surface area contributed by atoms with Crippen molar-refractivity contribution >= 4 is 17.6 Å². The van der Waals surface area contributed by atoms with Crippen LogP contribution in [-0.2, 0) is 16.1 Å². The summed E-state index contributed by atoms with van der Waals surface area (Å²) in [5.74, 6) is -1.70. The van der Waals surface area contributed by atoms with Crippen LogP contribution in [0.3, 0.4) is 0 Å². The lowest BCUT2D eigenvalue weighted by atomic mass is 10.0. The largest absolute Gasteiger partial charge is 0.466 e. The number of carbonyl (C=O) groups excluding carboxylic acids is 1. The van der Waals surface area contributed by atoms with E-state index in [1.807, 2.05) is 0 Å². The minimum atomic E-state index is -0.642. The number of esters is 1. The van der Waals surface area contributed by atoms with Gasteiger partial charge in [-0.05, 0) is 30.7 Å². The summed E-state index contributed by atoms with van der Waals surface area (Å²) < 4.78 is 32.5. The van der Waals surface area contributed by atoms with Crippen molar-refractivity contribution in [2.75, 3.05) is 6.61 Å². The molecule has 2 aromatic rings. The maximum absolute atomic E-state index is 13.8. The van der Waals surface area contributed by atoms with E-state index in [0.717, 1.165) is 0 Å². The molecule has 0 aliphatic carbocycles. The Bertz CT molecular complexity index is 689. The van der Waals surface area contributed by atoms with Gasteiger partial charge < -0.3 is 10.1 Å². The molecule has 0 heterocycles. The third-order valence-electron chi connectivity index (χ3n) is 3.54. The standard InChI is InChI=1S/C18H18ClF2NO2/c1-2-24-18(23)10-17(12-6-3-4-7-14(12)19)22-11-13-15(20)8-5-9-16(13)21/h3-9,17,22H,2,10-11H2,1H3/t17-/m0/s1. The SMILES string of the molecule is CCOC(=O)C[C@H](NCc1c(F)cccc1F)c1ccccc1Cl. The van der Waals surface area contributed by atoms with Gasteiger partial charge in [0.1, 0.15) is 11.6 Å². The van der Waals surface area contributed by atoms with Crippen molar-refractivity contribution in [3.8, 4) is 0 Å². The Morgan fingerprint density at radius 1 is 1.17 bits per heavy atom. The molecule has 1 atom stereocenters. The normalized spacial score (nSPS) is 12.0. The fourth-order valence-electron chi connectivity index (χ4n) is 2.36. The van der Waals surface area contributed by atoms with Gasteiger partial charge in [0.15, 0.2) is 0 Å². The topological polar surface area (TPSA) is 38.3 Å². The molecule has 0 saturated heterocycles. The van der Waals surface area contributed by atoms with Gasteiger partial charge in [-0.1, -0.05) is 35.9 Å². The average molecular weight is 354 g/mol. The Kier molecular flexibility index (Phi) is 6.70. The Labute approximate surface area is 144 Å². The first-order valence-electron chi connectivity index (χ1n) is 7.59. The van der Waals surface area contributed by atoms with Crippen LogP contribution in [0.25, 0.3) is 0 Å². The van der Waals surface area contributed by atoms with Crippen LogP contribution < -0.4 is 5.32 Å². The number of hydrogen-bond acceptors (Lipinski definition) is 3. The maximum atomic E-state index is 13.8. The first-order valence-corrected chi connectivity index (χ1v) is 7.97. The fourth-order valence-corrected chi connectivity index (χ4v) is 2.63. The number of hydrogen-bond donors (Lipinski definition) is 1. The first-order chi connectivity index (χ1) is 11.5. The highest BCUT2D eigenvalue weighted by Gasteiger charge is 2.20. The second-order valence-electron chi connectivity index (χ2n) is 5.16. The number of ether oxygens (including phenoxy) is 1. The molecule has 128 valence electrons. The van der Waals surface area contributed by atoms with Gasteiger partial charge in [0.25, 0.3) is 0 Å². The Morgan fingerprint density at radius 2 is 1.83 bits per heavy atom. The van der Waals surface area contributed by atoms with Gasteiger partial charge >= 0.3 is 5.97 Å². The van der Waals surface area contributed by atoms with Gasteiger partial charge in [0.2, 0.25) is 0 Å². The predicted octanol–water partition coefficient (Wildman–Crippen LogP) is 4.40. The molecule has 1 N–H and O–H groups in total. The smallest absolute Gasteiger partial charge is 0.307 e. The van der Waals surface area contributed by atoms with Crippen LogP contribution in [0.2, 0.25) is 5.02 Å². The summed E-state index contributed by atoms with van der Waals surface area (Å²) in [6.45, 7) is 1.90. The molecule has 0 spiro atoms. The molecule has 0 amide bonds. The van der Waals surface area contributed by atoms with Crippen molar-refractivity contribution in [3.05, 3.63) is 70.2 Å². The Morgan fingerprint density at radius 3 is 2.46 bits per heavy atom. The molecule has 0 saturated carbocycles. The van der Waals surface area contributed by atoms with Gasteiger partial charge in [-0.15, -0.1) is 0 Å². The van der Waals surface area contributed by atoms with Crippen LogP contribution in [-0.4, -0.2) is 12.6 Å². The number of rotatable bonds is 7. The summed E-state index contributed by atoms with van der Waals surface area (Å²) in [4.78, 5) is 11.8. The number of halogens is 3. The van der Waals surface area contributed by atoms with E-state index in [0.29, 0.717) is 10.6 Å². The lowest BCUT2D eigenvalue weighted by Gasteiger charge is -2.20. The summed E-state index contributed by atoms with van der Waals surface area (Å²) in [5.41, 5.74) is 0.586. The van der Waals surface area contributed by atoms with E-state index in [1.165, 1.54) is 18.2 Å². The molecule has 0 radical (unpaired) electrons. The van der Waals surface area contributed by atoms with Gasteiger partial charge in [-0.3, -0.25) is 4.79 Å². The molecule has 0 unspecified atom stereocenters. The zero-order valence-electron chi connectivity index (χ0n) is 13.2. The molecule has 6 heteroatoms. The van der Waals surface area contributed by atoms with Crippen molar-refractivity contribution in [1.29, 1.82) is 0 Å². The van der Waals surface area contributed by atoms with E-state index < -0.39 is 23.6 Å². The molecule has 0 aromatic heterocycles. The monoisotopic (exact) mass is 353 g/mol. The second kappa shape index (κ2) is 8.76. The number of nitrogens with one attached hydrogen (secondary N) is 1. The van der Waals surface area contributed by atoms with Crippen LogP contribution in [0.4, 0.5) is 8.78 Å². The zero-order valence-corrected chi connectivity index (χ0v) is 13.9. The van der Waals surface area contributed by atoms with Gasteiger partial charge in [-0.25, -0.2) is 8.78 Å². The van der Waals surface area contributed by atoms with Crippen molar-refractivity contribution in [3.63, 3.8) is 0 Å². The zero-order chi connectivity index (χ0) is 17.5. The molecule has 3 nitrogen and oxygen atoms in total. The van der Waals surface area contributed by atoms with E-state index in [4.69, 9.17) is 16.3 Å². The average Bonchev–Trinajstić information content (AvgIpc) is 2.54. The third-order valence-corrected chi connectivity index (χ3v) is 3.89. The summed E-state index contributed by atoms with van der Waals surface area (Å²) in [6.07, 6.45) is 0.00758. The van der Waals surface area contributed by atoms with Crippen molar-refractivity contribution in [2.45, 2.75) is 25.9 Å². The van der Waals surface area contributed by atoms with Gasteiger partial charge in [0.05, 0.1) is 13.0 Å². The summed E-state index contributed by atoms with van der Waals surface area (Å²) in [7, 11) is 0. The van der Waals surface area contributed by atoms with E-state index in [-0.39, 0.29) is 25.1 Å². The third kappa shape index (κ3) is 4.76. The van der Waals surface area contributed by atoms with E-state index in [9.17, 15) is 13.6 Å². The summed E-state index contributed by atoms with van der Waals surface area (Å²) >= 11 is 6.18. The molecule has 2 rings (SSSR count). The van der Waals surface area contributed by atoms with Crippen LogP contribution in [0.1, 0.15) is 30.5 Å². The summed E-state index contributed by atoms with van der Waals surface area (Å²) in [5, 5.41) is 3.46. The van der Waals surface area contributed by atoms with Crippen LogP contribution in [0.15, 0.2) is 42.5 Å². The minimum Gasteiger partial charge on any atom is -0.466 e. The Balaban J connectivity index is 2.20. The highest BCUT2D eigenvalue weighted by Crippen LogP contribution is 2.26. The highest BCUT2D eigenvalue weighted by atomic mass is 35.5. The van der Waals surface area contributed by atoms with Gasteiger partial charge in [-0.2, -0.15) is 0 Å². The van der Waals surface area contributed by atoms with E-state index >= 15 is 0 Å². The van der Waals surface area contributed by atoms with Crippen molar-refractivity contribution < 1.29 is 18.3 Å². The molecule has 0 bridgehead atoms. The lowest BCUT2D eigenvalue weighted by molar-refractivity contribution is -0.143. The number of benzene rings is 2.